The van der Waals surface area contributed by atoms with E-state index in [-0.39, 0.29) is 11.8 Å². The van der Waals surface area contributed by atoms with Gasteiger partial charge >= 0.3 is 0 Å². The normalized spacial score (nSPS) is 15.8. The van der Waals surface area contributed by atoms with Crippen LogP contribution in [-0.4, -0.2) is 38.4 Å². The molecule has 0 N–H and O–H groups in total. The smallest absolute Gasteiger partial charge is 0.280 e. The van der Waals surface area contributed by atoms with Crippen LogP contribution in [0.5, 0.6) is 0 Å². The third kappa shape index (κ3) is 4.09. The van der Waals surface area contributed by atoms with Crippen LogP contribution in [0.25, 0.3) is 0 Å². The Morgan fingerprint density at radius 3 is 2.68 bits per heavy atom. The van der Waals surface area contributed by atoms with Crippen molar-refractivity contribution in [2.75, 3.05) is 13.1 Å². The number of amides is 1. The zero-order chi connectivity index (χ0) is 18.0. The number of aromatic nitrogens is 3. The summed E-state index contributed by atoms with van der Waals surface area (Å²) in [5.41, 5.74) is -0.495. The summed E-state index contributed by atoms with van der Waals surface area (Å²) in [4.78, 5) is 33.9. The van der Waals surface area contributed by atoms with Crippen LogP contribution >= 0.6 is 11.3 Å². The average Bonchev–Trinajstić information content (AvgIpc) is 3.03. The first-order chi connectivity index (χ1) is 11.9. The predicted molar refractivity (Wildman–Crippen MR) is 88.9 cm³/mol. The van der Waals surface area contributed by atoms with Gasteiger partial charge in [0, 0.05) is 31.1 Å². The Morgan fingerprint density at radius 2 is 2.12 bits per heavy atom. The van der Waals surface area contributed by atoms with Crippen LogP contribution in [0.3, 0.4) is 0 Å². The molecule has 2 aromatic rings. The van der Waals surface area contributed by atoms with Crippen molar-refractivity contribution in [3.63, 3.8) is 0 Å². The first kappa shape index (κ1) is 17.7. The van der Waals surface area contributed by atoms with Crippen LogP contribution in [0.4, 0.5) is 8.78 Å². The van der Waals surface area contributed by atoms with E-state index in [0.29, 0.717) is 25.3 Å². The lowest BCUT2D eigenvalue weighted by molar-refractivity contribution is 0.0677. The van der Waals surface area contributed by atoms with Crippen molar-refractivity contribution in [3.8, 4) is 0 Å². The van der Waals surface area contributed by atoms with Gasteiger partial charge in [-0.25, -0.2) is 18.7 Å². The summed E-state index contributed by atoms with van der Waals surface area (Å²) in [7, 11) is 0. The number of alkyl halides is 2. The number of carbonyl (C=O) groups is 1. The Labute approximate surface area is 147 Å². The van der Waals surface area contributed by atoms with Crippen molar-refractivity contribution in [3.05, 3.63) is 44.5 Å². The molecule has 25 heavy (non-hydrogen) atoms. The molecule has 1 aliphatic heterocycles. The van der Waals surface area contributed by atoms with Gasteiger partial charge in [0.1, 0.15) is 11.4 Å². The molecule has 1 amide bonds. The molecule has 0 aromatic carbocycles. The van der Waals surface area contributed by atoms with Gasteiger partial charge in [-0.05, 0) is 25.7 Å². The Morgan fingerprint density at radius 1 is 1.40 bits per heavy atom. The topological polar surface area (TPSA) is 68.1 Å². The van der Waals surface area contributed by atoms with Gasteiger partial charge in [-0.2, -0.15) is 0 Å². The zero-order valence-corrected chi connectivity index (χ0v) is 14.5. The van der Waals surface area contributed by atoms with Crippen molar-refractivity contribution in [2.45, 2.75) is 32.7 Å². The van der Waals surface area contributed by atoms with Gasteiger partial charge in [-0.15, -0.1) is 11.3 Å². The maximum atomic E-state index is 12.5. The van der Waals surface area contributed by atoms with Crippen molar-refractivity contribution in [1.29, 1.82) is 0 Å². The molecule has 1 fully saturated rings. The summed E-state index contributed by atoms with van der Waals surface area (Å²) in [6.45, 7) is 3.47. The molecule has 0 atom stereocenters. The molecule has 3 heterocycles. The van der Waals surface area contributed by atoms with E-state index in [1.807, 2.05) is 6.92 Å². The van der Waals surface area contributed by atoms with Crippen LogP contribution in [0, 0.1) is 12.8 Å². The Bertz CT molecular complexity index is 812. The van der Waals surface area contributed by atoms with E-state index < -0.39 is 17.7 Å². The van der Waals surface area contributed by atoms with Crippen LogP contribution in [0.2, 0.25) is 0 Å². The van der Waals surface area contributed by atoms with Crippen molar-refractivity contribution < 1.29 is 13.6 Å². The van der Waals surface area contributed by atoms with Crippen molar-refractivity contribution >= 4 is 17.2 Å². The summed E-state index contributed by atoms with van der Waals surface area (Å²) < 4.78 is 26.4. The summed E-state index contributed by atoms with van der Waals surface area (Å²) in [6, 6.07) is 0.883. The van der Waals surface area contributed by atoms with Crippen molar-refractivity contribution in [1.82, 2.24) is 19.4 Å². The standard InChI is InChI=1S/C16H18F2N4O2S/c1-10-20-13(8-25-10)16(24)21-4-2-11(3-5-21)7-22-9-19-12(15(17)18)6-14(22)23/h6,8-9,11,15H,2-5,7H2,1H3. The second-order valence-electron chi connectivity index (χ2n) is 6.09. The van der Waals surface area contributed by atoms with E-state index in [2.05, 4.69) is 9.97 Å². The minimum Gasteiger partial charge on any atom is -0.337 e. The summed E-state index contributed by atoms with van der Waals surface area (Å²) in [5.74, 6) is 0.140. The number of likely N-dealkylation sites (tertiary alicyclic amines) is 1. The van der Waals surface area contributed by atoms with E-state index in [0.717, 1.165) is 23.9 Å². The van der Waals surface area contributed by atoms with Gasteiger partial charge in [-0.1, -0.05) is 0 Å². The number of hydrogen-bond donors (Lipinski definition) is 0. The molecule has 3 rings (SSSR count). The van der Waals surface area contributed by atoms with E-state index in [1.165, 1.54) is 22.2 Å². The molecule has 0 bridgehead atoms. The Hall–Kier alpha value is -2.16. The highest BCUT2D eigenvalue weighted by molar-refractivity contribution is 7.09. The molecule has 1 aliphatic rings. The third-order valence-electron chi connectivity index (χ3n) is 4.32. The summed E-state index contributed by atoms with van der Waals surface area (Å²) >= 11 is 1.45. The number of carbonyl (C=O) groups excluding carboxylic acids is 1. The van der Waals surface area contributed by atoms with Crippen molar-refractivity contribution in [2.24, 2.45) is 5.92 Å². The quantitative estimate of drug-likeness (QED) is 0.832. The Kier molecular flexibility index (Phi) is 5.22. The zero-order valence-electron chi connectivity index (χ0n) is 13.7. The highest BCUT2D eigenvalue weighted by Gasteiger charge is 2.25. The third-order valence-corrected chi connectivity index (χ3v) is 5.09. The van der Waals surface area contributed by atoms with E-state index in [1.54, 1.807) is 10.3 Å². The molecule has 6 nitrogen and oxygen atoms in total. The first-order valence-electron chi connectivity index (χ1n) is 8.00. The summed E-state index contributed by atoms with van der Waals surface area (Å²) in [5, 5.41) is 2.62. The van der Waals surface area contributed by atoms with E-state index in [4.69, 9.17) is 0 Å². The van der Waals surface area contributed by atoms with E-state index >= 15 is 0 Å². The molecular weight excluding hydrogens is 350 g/mol. The van der Waals surface area contributed by atoms with Crippen LogP contribution in [0.15, 0.2) is 22.6 Å². The average molecular weight is 368 g/mol. The largest absolute Gasteiger partial charge is 0.337 e. The second-order valence-corrected chi connectivity index (χ2v) is 7.15. The molecule has 0 spiro atoms. The predicted octanol–water partition coefficient (Wildman–Crippen LogP) is 2.50. The molecule has 0 saturated carbocycles. The second kappa shape index (κ2) is 7.38. The fraction of sp³-hybridized carbons (Fsp3) is 0.500. The van der Waals surface area contributed by atoms with Gasteiger partial charge in [0.15, 0.2) is 0 Å². The maximum Gasteiger partial charge on any atom is 0.280 e. The fourth-order valence-electron chi connectivity index (χ4n) is 2.92. The van der Waals surface area contributed by atoms with E-state index in [9.17, 15) is 18.4 Å². The molecule has 2 aromatic heterocycles. The lowest BCUT2D eigenvalue weighted by Crippen LogP contribution is -2.40. The Balaban J connectivity index is 1.58. The number of thiazole rings is 1. The number of rotatable bonds is 4. The van der Waals surface area contributed by atoms with Gasteiger partial charge in [0.25, 0.3) is 17.9 Å². The lowest BCUT2D eigenvalue weighted by atomic mass is 9.96. The van der Waals surface area contributed by atoms with Gasteiger partial charge in [0.05, 0.1) is 11.3 Å². The van der Waals surface area contributed by atoms with Gasteiger partial charge in [-0.3, -0.25) is 14.2 Å². The molecule has 0 radical (unpaired) electrons. The number of aryl methyl sites for hydroxylation is 1. The minimum absolute atomic E-state index is 0.0667. The first-order valence-corrected chi connectivity index (χ1v) is 8.88. The highest BCUT2D eigenvalue weighted by Crippen LogP contribution is 2.21. The van der Waals surface area contributed by atoms with Crippen LogP contribution in [-0.2, 0) is 6.54 Å². The van der Waals surface area contributed by atoms with Gasteiger partial charge < -0.3 is 4.90 Å². The molecule has 9 heteroatoms. The summed E-state index contributed by atoms with van der Waals surface area (Å²) in [6.07, 6.45) is -0.0687. The fourth-order valence-corrected chi connectivity index (χ4v) is 3.50. The number of hydrogen-bond acceptors (Lipinski definition) is 5. The lowest BCUT2D eigenvalue weighted by Gasteiger charge is -2.31. The monoisotopic (exact) mass is 368 g/mol. The molecule has 0 aliphatic carbocycles. The number of nitrogens with zero attached hydrogens (tertiary/aromatic N) is 4. The van der Waals surface area contributed by atoms with Crippen LogP contribution in [0.1, 0.15) is 40.5 Å². The SMILES string of the molecule is Cc1nc(C(=O)N2CCC(Cn3cnc(C(F)F)cc3=O)CC2)cs1. The van der Waals surface area contributed by atoms with Gasteiger partial charge in [0.2, 0.25) is 0 Å². The van der Waals surface area contributed by atoms with Crippen LogP contribution < -0.4 is 5.56 Å². The molecule has 134 valence electrons. The molecule has 0 unspecified atom stereocenters. The molecule has 1 saturated heterocycles. The number of piperidine rings is 1. The molecular formula is C16H18F2N4O2S. The minimum atomic E-state index is -2.74. The number of halogens is 2. The highest BCUT2D eigenvalue weighted by atomic mass is 32.1. The maximum absolute atomic E-state index is 12.5.